The zero-order valence-electron chi connectivity index (χ0n) is 15.7. The lowest BCUT2D eigenvalue weighted by atomic mass is 10.1. The number of imidazole rings is 1. The number of carbonyl (C=O) groups is 1. The molecule has 2 aromatic heterocycles. The van der Waals surface area contributed by atoms with Crippen molar-refractivity contribution in [3.05, 3.63) is 95.6 Å². The van der Waals surface area contributed by atoms with Gasteiger partial charge in [0, 0.05) is 24.5 Å². The van der Waals surface area contributed by atoms with Crippen molar-refractivity contribution in [3.8, 4) is 5.69 Å². The molecule has 0 saturated heterocycles. The molecule has 7 heteroatoms. The predicted octanol–water partition coefficient (Wildman–Crippen LogP) is 3.00. The number of nitrogens with zero attached hydrogens (tertiary/aromatic N) is 4. The van der Waals surface area contributed by atoms with Gasteiger partial charge in [-0.15, -0.1) is 10.2 Å². The highest BCUT2D eigenvalue weighted by Crippen LogP contribution is 2.28. The van der Waals surface area contributed by atoms with Crippen molar-refractivity contribution in [1.82, 2.24) is 30.0 Å². The van der Waals surface area contributed by atoms with Crippen LogP contribution in [0.2, 0.25) is 0 Å². The van der Waals surface area contributed by atoms with E-state index in [1.165, 1.54) is 5.56 Å². The number of aromatic nitrogens is 5. The molecule has 0 spiro atoms. The van der Waals surface area contributed by atoms with Gasteiger partial charge in [0.25, 0.3) is 5.91 Å². The first-order valence-electron chi connectivity index (χ1n) is 9.66. The molecule has 0 fully saturated rings. The smallest absolute Gasteiger partial charge is 0.289 e. The van der Waals surface area contributed by atoms with Crippen LogP contribution in [0.5, 0.6) is 0 Å². The number of aryl methyl sites for hydroxylation is 1. The van der Waals surface area contributed by atoms with Crippen LogP contribution < -0.4 is 5.32 Å². The molecule has 7 nitrogen and oxygen atoms in total. The molecule has 0 aliphatic carbocycles. The fourth-order valence-electron chi connectivity index (χ4n) is 3.79. The molecule has 1 aliphatic heterocycles. The van der Waals surface area contributed by atoms with Gasteiger partial charge in [0.1, 0.15) is 11.6 Å². The summed E-state index contributed by atoms with van der Waals surface area (Å²) in [7, 11) is 0. The molecule has 2 N–H and O–H groups in total. The second kappa shape index (κ2) is 7.35. The normalized spacial score (nSPS) is 15.2. The summed E-state index contributed by atoms with van der Waals surface area (Å²) in [4.78, 5) is 20.4. The van der Waals surface area contributed by atoms with E-state index in [2.05, 4.69) is 42.2 Å². The van der Waals surface area contributed by atoms with Crippen molar-refractivity contribution in [3.63, 3.8) is 0 Å². The number of carbonyl (C=O) groups excluding carboxylic acids is 1. The van der Waals surface area contributed by atoms with Crippen LogP contribution in [0, 0.1) is 0 Å². The third-order valence-corrected chi connectivity index (χ3v) is 5.20. The highest BCUT2D eigenvalue weighted by molar-refractivity contribution is 5.90. The quantitative estimate of drug-likeness (QED) is 0.566. The molecular weight excluding hydrogens is 364 g/mol. The fraction of sp³-hybridized carbons (Fsp3) is 0.182. The number of hydrogen-bond donors (Lipinski definition) is 2. The molecule has 0 bridgehead atoms. The second-order valence-corrected chi connectivity index (χ2v) is 7.13. The third-order valence-electron chi connectivity index (χ3n) is 5.20. The first-order valence-corrected chi connectivity index (χ1v) is 9.66. The number of nitrogens with one attached hydrogen (secondary N) is 2. The Balaban J connectivity index is 1.34. The van der Waals surface area contributed by atoms with Crippen LogP contribution in [0.15, 0.2) is 67.0 Å². The zero-order chi connectivity index (χ0) is 19.6. The lowest BCUT2D eigenvalue weighted by Crippen LogP contribution is -2.30. The van der Waals surface area contributed by atoms with Crippen LogP contribution in [0.3, 0.4) is 0 Å². The van der Waals surface area contributed by atoms with E-state index in [0.29, 0.717) is 12.2 Å². The van der Waals surface area contributed by atoms with Crippen molar-refractivity contribution in [2.24, 2.45) is 0 Å². The van der Waals surface area contributed by atoms with E-state index in [-0.39, 0.29) is 17.8 Å². The summed E-state index contributed by atoms with van der Waals surface area (Å²) in [6.45, 7) is 0. The summed E-state index contributed by atoms with van der Waals surface area (Å²) in [5.74, 6) is 1.43. The van der Waals surface area contributed by atoms with E-state index in [9.17, 15) is 4.79 Å². The maximum absolute atomic E-state index is 12.8. The first-order chi connectivity index (χ1) is 14.3. The van der Waals surface area contributed by atoms with E-state index >= 15 is 0 Å². The SMILES string of the molecule is O=C(NC1CCc2ccccc2-n2ccnc21)c1nnc(Cc2ccccc2)[nH]1. The Bertz CT molecular complexity index is 1150. The summed E-state index contributed by atoms with van der Waals surface area (Å²) >= 11 is 0. The minimum absolute atomic E-state index is 0.201. The van der Waals surface area contributed by atoms with Gasteiger partial charge in [0.2, 0.25) is 5.82 Å². The monoisotopic (exact) mass is 384 g/mol. The number of rotatable bonds is 4. The Hall–Kier alpha value is -3.74. The molecule has 1 amide bonds. The van der Waals surface area contributed by atoms with Gasteiger partial charge < -0.3 is 14.9 Å². The summed E-state index contributed by atoms with van der Waals surface area (Å²) in [6.07, 6.45) is 5.93. The van der Waals surface area contributed by atoms with E-state index in [0.717, 1.165) is 29.9 Å². The Morgan fingerprint density at radius 1 is 1.10 bits per heavy atom. The fourth-order valence-corrected chi connectivity index (χ4v) is 3.79. The minimum Gasteiger partial charge on any atom is -0.339 e. The molecule has 3 heterocycles. The third kappa shape index (κ3) is 3.42. The number of para-hydroxylation sites is 1. The van der Waals surface area contributed by atoms with Gasteiger partial charge in [-0.2, -0.15) is 0 Å². The van der Waals surface area contributed by atoms with E-state index in [4.69, 9.17) is 0 Å². The second-order valence-electron chi connectivity index (χ2n) is 7.13. The standard InChI is InChI=1S/C22H20N6O/c29-22(20-25-19(26-27-20)14-15-6-2-1-3-7-15)24-17-11-10-16-8-4-5-9-18(16)28-13-12-23-21(17)28/h1-9,12-13,17H,10-11,14H2,(H,24,29)(H,25,26,27). The van der Waals surface area contributed by atoms with Gasteiger partial charge in [-0.3, -0.25) is 4.79 Å². The molecule has 0 radical (unpaired) electrons. The summed E-state index contributed by atoms with van der Waals surface area (Å²) in [5.41, 5.74) is 3.47. The van der Waals surface area contributed by atoms with E-state index < -0.39 is 0 Å². The Labute approximate surface area is 167 Å². The molecule has 2 aromatic carbocycles. The van der Waals surface area contributed by atoms with Crippen molar-refractivity contribution in [2.45, 2.75) is 25.3 Å². The maximum Gasteiger partial charge on any atom is 0.289 e. The number of hydrogen-bond acceptors (Lipinski definition) is 4. The van der Waals surface area contributed by atoms with Gasteiger partial charge in [0.15, 0.2) is 0 Å². The van der Waals surface area contributed by atoms with E-state index in [1.807, 2.05) is 48.7 Å². The highest BCUT2D eigenvalue weighted by atomic mass is 16.2. The van der Waals surface area contributed by atoms with Gasteiger partial charge in [0.05, 0.1) is 6.04 Å². The Morgan fingerprint density at radius 2 is 1.93 bits per heavy atom. The molecule has 5 rings (SSSR count). The maximum atomic E-state index is 12.8. The number of aromatic amines is 1. The van der Waals surface area contributed by atoms with Gasteiger partial charge >= 0.3 is 0 Å². The number of H-pyrrole nitrogens is 1. The van der Waals surface area contributed by atoms with Gasteiger partial charge in [-0.25, -0.2) is 4.98 Å². The van der Waals surface area contributed by atoms with Crippen LogP contribution in [0.1, 0.15) is 45.9 Å². The summed E-state index contributed by atoms with van der Waals surface area (Å²) in [6, 6.07) is 18.0. The number of benzene rings is 2. The van der Waals surface area contributed by atoms with Crippen LogP contribution in [0.25, 0.3) is 5.69 Å². The van der Waals surface area contributed by atoms with Crippen molar-refractivity contribution < 1.29 is 4.79 Å². The largest absolute Gasteiger partial charge is 0.339 e. The average molecular weight is 384 g/mol. The predicted molar refractivity (Wildman–Crippen MR) is 108 cm³/mol. The minimum atomic E-state index is -0.276. The van der Waals surface area contributed by atoms with Gasteiger partial charge in [-0.1, -0.05) is 48.5 Å². The van der Waals surface area contributed by atoms with Crippen LogP contribution in [0.4, 0.5) is 0 Å². The number of amides is 1. The van der Waals surface area contributed by atoms with Crippen LogP contribution in [-0.2, 0) is 12.8 Å². The van der Waals surface area contributed by atoms with Crippen molar-refractivity contribution >= 4 is 5.91 Å². The lowest BCUT2D eigenvalue weighted by Gasteiger charge is -2.15. The Kier molecular flexibility index (Phi) is 4.40. The summed E-state index contributed by atoms with van der Waals surface area (Å²) in [5, 5.41) is 11.2. The molecule has 1 unspecified atom stereocenters. The average Bonchev–Trinajstić information content (AvgIpc) is 3.39. The molecule has 1 aliphatic rings. The molecule has 144 valence electrons. The van der Waals surface area contributed by atoms with E-state index in [1.54, 1.807) is 6.20 Å². The topological polar surface area (TPSA) is 88.5 Å². The molecule has 0 saturated carbocycles. The van der Waals surface area contributed by atoms with Crippen LogP contribution >= 0.6 is 0 Å². The van der Waals surface area contributed by atoms with Crippen LogP contribution in [-0.4, -0.2) is 30.6 Å². The molecular formula is C22H20N6O. The van der Waals surface area contributed by atoms with Crippen molar-refractivity contribution in [1.29, 1.82) is 0 Å². The molecule has 29 heavy (non-hydrogen) atoms. The summed E-state index contributed by atoms with van der Waals surface area (Å²) < 4.78 is 2.05. The lowest BCUT2D eigenvalue weighted by molar-refractivity contribution is 0.0922. The molecule has 1 atom stereocenters. The zero-order valence-corrected chi connectivity index (χ0v) is 15.7. The van der Waals surface area contributed by atoms with Crippen molar-refractivity contribution in [2.75, 3.05) is 0 Å². The molecule has 4 aromatic rings. The Morgan fingerprint density at radius 3 is 2.83 bits per heavy atom. The van der Waals surface area contributed by atoms with Gasteiger partial charge in [-0.05, 0) is 30.0 Å². The number of fused-ring (bicyclic) bond motifs is 3. The highest BCUT2D eigenvalue weighted by Gasteiger charge is 2.26. The first kappa shape index (κ1) is 17.4.